The van der Waals surface area contributed by atoms with E-state index in [2.05, 4.69) is 23.2 Å². The molecule has 1 N–H and O–H groups in total. The molecule has 0 spiro atoms. The average molecular weight is 392 g/mol. The Morgan fingerprint density at radius 3 is 2.79 bits per heavy atom. The van der Waals surface area contributed by atoms with Crippen molar-refractivity contribution in [3.05, 3.63) is 64.7 Å². The minimum atomic E-state index is -0.110. The van der Waals surface area contributed by atoms with Crippen LogP contribution in [0.3, 0.4) is 0 Å². The van der Waals surface area contributed by atoms with Gasteiger partial charge in [-0.25, -0.2) is 0 Å². The van der Waals surface area contributed by atoms with Gasteiger partial charge in [-0.3, -0.25) is 9.59 Å². The van der Waals surface area contributed by atoms with Crippen molar-refractivity contribution in [3.63, 3.8) is 0 Å². The molecular weight excluding hydrogens is 362 g/mol. The molecular formula is C24H29N3O2. The first kappa shape index (κ1) is 19.5. The van der Waals surface area contributed by atoms with E-state index >= 15 is 0 Å². The molecule has 0 aliphatic carbocycles. The lowest BCUT2D eigenvalue weighted by Crippen LogP contribution is -2.55. The molecule has 1 saturated heterocycles. The second-order valence-corrected chi connectivity index (χ2v) is 8.02. The molecule has 2 aromatic carbocycles. The van der Waals surface area contributed by atoms with E-state index in [4.69, 9.17) is 0 Å². The van der Waals surface area contributed by atoms with Crippen LogP contribution in [-0.2, 0) is 6.54 Å². The predicted octanol–water partition coefficient (Wildman–Crippen LogP) is 4.11. The van der Waals surface area contributed by atoms with Gasteiger partial charge in [-0.05, 0) is 56.9 Å². The van der Waals surface area contributed by atoms with Gasteiger partial charge in [0.05, 0.1) is 11.3 Å². The molecule has 0 aromatic heterocycles. The number of hydrogen-bond donors (Lipinski definition) is 1. The van der Waals surface area contributed by atoms with Crippen molar-refractivity contribution >= 4 is 17.5 Å². The number of carbonyl (C=O) groups excluding carboxylic acids is 2. The molecule has 152 valence electrons. The standard InChI is InChI=1S/C24H29N3O2/c1-3-26-21-15-19(23(28)25-16-18-9-7-8-17(2)14-18)11-12-20(21)24(29)27-13-6-4-5-10-22(26)27/h7-9,11-12,14-15,22H,3-6,10,13,16H2,1-2H3,(H,25,28)/t22-/m0/s1. The van der Waals surface area contributed by atoms with Crippen LogP contribution in [0.25, 0.3) is 0 Å². The minimum absolute atomic E-state index is 0.100. The number of fused-ring (bicyclic) bond motifs is 2. The zero-order valence-electron chi connectivity index (χ0n) is 17.3. The summed E-state index contributed by atoms with van der Waals surface area (Å²) in [5.41, 5.74) is 4.46. The van der Waals surface area contributed by atoms with Crippen molar-refractivity contribution in [2.24, 2.45) is 0 Å². The van der Waals surface area contributed by atoms with Crippen molar-refractivity contribution in [3.8, 4) is 0 Å². The van der Waals surface area contributed by atoms with Gasteiger partial charge in [0.15, 0.2) is 0 Å². The van der Waals surface area contributed by atoms with Crippen molar-refractivity contribution in [2.45, 2.75) is 52.2 Å². The summed E-state index contributed by atoms with van der Waals surface area (Å²) in [6.45, 7) is 6.29. The molecule has 5 nitrogen and oxygen atoms in total. The zero-order valence-corrected chi connectivity index (χ0v) is 17.3. The number of aryl methyl sites for hydroxylation is 1. The van der Waals surface area contributed by atoms with E-state index in [0.29, 0.717) is 17.7 Å². The van der Waals surface area contributed by atoms with Gasteiger partial charge in [0.2, 0.25) is 0 Å². The Kier molecular flexibility index (Phi) is 5.56. The van der Waals surface area contributed by atoms with Gasteiger partial charge in [-0.15, -0.1) is 0 Å². The first-order valence-electron chi connectivity index (χ1n) is 10.6. The first-order chi connectivity index (χ1) is 14.1. The van der Waals surface area contributed by atoms with Gasteiger partial charge < -0.3 is 15.1 Å². The van der Waals surface area contributed by atoms with Crippen molar-refractivity contribution < 1.29 is 9.59 Å². The molecule has 0 bridgehead atoms. The maximum Gasteiger partial charge on any atom is 0.257 e. The molecule has 1 atom stereocenters. The van der Waals surface area contributed by atoms with Crippen LogP contribution in [0.1, 0.15) is 64.4 Å². The van der Waals surface area contributed by atoms with E-state index < -0.39 is 0 Å². The average Bonchev–Trinajstić information content (AvgIpc) is 2.98. The number of nitrogens with zero attached hydrogens (tertiary/aromatic N) is 2. The Balaban J connectivity index is 1.58. The number of carbonyl (C=O) groups is 2. The highest BCUT2D eigenvalue weighted by Gasteiger charge is 2.37. The molecule has 2 aromatic rings. The lowest BCUT2D eigenvalue weighted by Gasteiger charge is -2.44. The Morgan fingerprint density at radius 2 is 2.00 bits per heavy atom. The normalized spacial score (nSPS) is 18.7. The van der Waals surface area contributed by atoms with Crippen LogP contribution in [0.5, 0.6) is 0 Å². The van der Waals surface area contributed by atoms with Crippen LogP contribution in [0, 0.1) is 6.92 Å². The number of nitrogens with one attached hydrogen (secondary N) is 1. The fourth-order valence-electron chi connectivity index (χ4n) is 4.55. The monoisotopic (exact) mass is 391 g/mol. The third-order valence-corrected chi connectivity index (χ3v) is 6.02. The maximum absolute atomic E-state index is 13.1. The van der Waals surface area contributed by atoms with Crippen molar-refractivity contribution in [2.75, 3.05) is 18.0 Å². The fourth-order valence-corrected chi connectivity index (χ4v) is 4.55. The minimum Gasteiger partial charge on any atom is -0.351 e. The second kappa shape index (κ2) is 8.27. The topological polar surface area (TPSA) is 52.7 Å². The van der Waals surface area contributed by atoms with E-state index in [1.807, 2.05) is 42.2 Å². The number of benzene rings is 2. The van der Waals surface area contributed by atoms with Gasteiger partial charge in [0, 0.05) is 25.2 Å². The Morgan fingerprint density at radius 1 is 1.14 bits per heavy atom. The summed E-state index contributed by atoms with van der Waals surface area (Å²) < 4.78 is 0. The number of anilines is 1. The SMILES string of the molecule is CCN1c2cc(C(=O)NCc3cccc(C)c3)ccc2C(=O)N2CCCCC[C@H]21. The number of hydrogen-bond acceptors (Lipinski definition) is 3. The molecule has 2 heterocycles. The number of rotatable bonds is 4. The van der Waals surface area contributed by atoms with Crippen molar-refractivity contribution in [1.29, 1.82) is 0 Å². The van der Waals surface area contributed by atoms with Crippen LogP contribution in [-0.4, -0.2) is 36.0 Å². The smallest absolute Gasteiger partial charge is 0.257 e. The Bertz CT molecular complexity index is 924. The molecule has 2 amide bonds. The largest absolute Gasteiger partial charge is 0.351 e. The molecule has 5 heteroatoms. The van der Waals surface area contributed by atoms with Gasteiger partial charge >= 0.3 is 0 Å². The Hall–Kier alpha value is -2.82. The molecule has 0 unspecified atom stereocenters. The van der Waals surface area contributed by atoms with Crippen LogP contribution < -0.4 is 10.2 Å². The summed E-state index contributed by atoms with van der Waals surface area (Å²) in [6.07, 6.45) is 4.46. The lowest BCUT2D eigenvalue weighted by molar-refractivity contribution is 0.0656. The molecule has 4 rings (SSSR count). The predicted molar refractivity (Wildman–Crippen MR) is 115 cm³/mol. The summed E-state index contributed by atoms with van der Waals surface area (Å²) in [4.78, 5) is 30.2. The highest BCUT2D eigenvalue weighted by molar-refractivity contribution is 6.04. The maximum atomic E-state index is 13.1. The second-order valence-electron chi connectivity index (χ2n) is 8.02. The molecule has 2 aliphatic heterocycles. The molecule has 2 aliphatic rings. The highest BCUT2D eigenvalue weighted by atomic mass is 16.2. The summed E-state index contributed by atoms with van der Waals surface area (Å²) >= 11 is 0. The van der Waals surface area contributed by atoms with Gasteiger partial charge in [-0.2, -0.15) is 0 Å². The van der Waals surface area contributed by atoms with E-state index in [1.54, 1.807) is 6.07 Å². The first-order valence-corrected chi connectivity index (χ1v) is 10.6. The summed E-state index contributed by atoms with van der Waals surface area (Å²) in [7, 11) is 0. The fraction of sp³-hybridized carbons (Fsp3) is 0.417. The molecule has 0 radical (unpaired) electrons. The third-order valence-electron chi connectivity index (χ3n) is 6.02. The Labute approximate surface area is 172 Å². The van der Waals surface area contributed by atoms with E-state index in [0.717, 1.165) is 43.6 Å². The number of amides is 2. The summed E-state index contributed by atoms with van der Waals surface area (Å²) in [6, 6.07) is 13.6. The molecule has 29 heavy (non-hydrogen) atoms. The molecule has 1 fully saturated rings. The van der Waals surface area contributed by atoms with Gasteiger partial charge in [0.1, 0.15) is 6.17 Å². The quantitative estimate of drug-likeness (QED) is 0.853. The van der Waals surface area contributed by atoms with E-state index in [-0.39, 0.29) is 18.0 Å². The lowest BCUT2D eigenvalue weighted by atomic mass is 10.0. The van der Waals surface area contributed by atoms with Crippen molar-refractivity contribution in [1.82, 2.24) is 10.2 Å². The van der Waals surface area contributed by atoms with Crippen LogP contribution in [0.4, 0.5) is 5.69 Å². The van der Waals surface area contributed by atoms with Gasteiger partial charge in [-0.1, -0.05) is 36.2 Å². The highest BCUT2D eigenvalue weighted by Crippen LogP contribution is 2.35. The van der Waals surface area contributed by atoms with Gasteiger partial charge in [0.25, 0.3) is 11.8 Å². The van der Waals surface area contributed by atoms with E-state index in [9.17, 15) is 9.59 Å². The summed E-state index contributed by atoms with van der Waals surface area (Å²) in [5, 5.41) is 3.01. The van der Waals surface area contributed by atoms with E-state index in [1.165, 1.54) is 12.0 Å². The zero-order chi connectivity index (χ0) is 20.4. The van der Waals surface area contributed by atoms with Crippen LogP contribution in [0.2, 0.25) is 0 Å². The molecule has 0 saturated carbocycles. The van der Waals surface area contributed by atoms with Crippen LogP contribution in [0.15, 0.2) is 42.5 Å². The third kappa shape index (κ3) is 3.86. The summed E-state index contributed by atoms with van der Waals surface area (Å²) in [5.74, 6) is -0.00979. The van der Waals surface area contributed by atoms with Crippen LogP contribution >= 0.6 is 0 Å².